The standard InChI is InChI=1S/C15H18ClFN4OS2/c16-9-7-14(24(22)21-15-19-5-6-23-15)10(17)8-13(9)20-12-4-2-1-3-11(12)18/h5-8,11-12,20H,1-4,18H2,(H,19,21)/t11-,12-,24?/m0/s1. The van der Waals surface area contributed by atoms with E-state index in [-0.39, 0.29) is 17.0 Å². The fraction of sp³-hybridized carbons (Fsp3) is 0.400. The van der Waals surface area contributed by atoms with E-state index in [9.17, 15) is 8.94 Å². The summed E-state index contributed by atoms with van der Waals surface area (Å²) in [5.41, 5.74) is 6.58. The van der Waals surface area contributed by atoms with Gasteiger partial charge in [0.15, 0.2) is 5.82 Å². The van der Waals surface area contributed by atoms with Gasteiger partial charge in [-0.3, -0.25) is 0 Å². The van der Waals surface area contributed by atoms with Crippen LogP contribution >= 0.6 is 22.9 Å². The second-order valence-electron chi connectivity index (χ2n) is 5.67. The minimum absolute atomic E-state index is 0.00584. The van der Waals surface area contributed by atoms with Gasteiger partial charge in [0, 0.05) is 35.8 Å². The maximum atomic E-state index is 14.4. The van der Waals surface area contributed by atoms with Crippen molar-refractivity contribution < 1.29 is 8.94 Å². The van der Waals surface area contributed by atoms with E-state index in [0.29, 0.717) is 15.8 Å². The third kappa shape index (κ3) is 4.12. The third-order valence-corrected chi connectivity index (χ3v) is 6.22. The quantitative estimate of drug-likeness (QED) is 0.679. The normalized spacial score (nSPS) is 22.2. The molecule has 0 radical (unpaired) electrons. The molecular weight excluding hydrogens is 371 g/mol. The van der Waals surface area contributed by atoms with Crippen LogP contribution in [0.3, 0.4) is 0 Å². The first-order valence-corrected chi connectivity index (χ1v) is 10.0. The molecule has 1 aromatic carbocycles. The number of hydrogen-bond donors (Lipinski definition) is 3. The van der Waals surface area contributed by atoms with Crippen molar-refractivity contribution in [2.24, 2.45) is 5.73 Å². The maximum Gasteiger partial charge on any atom is 0.226 e. The van der Waals surface area contributed by atoms with E-state index in [1.807, 2.05) is 0 Å². The molecule has 0 amide bonds. The van der Waals surface area contributed by atoms with Crippen molar-refractivity contribution in [1.29, 1.82) is 0 Å². The molecule has 0 spiro atoms. The first kappa shape index (κ1) is 17.8. The Bertz CT molecular complexity index is 688. The summed E-state index contributed by atoms with van der Waals surface area (Å²) in [5.74, 6) is -0.589. The molecule has 3 rings (SSSR count). The average Bonchev–Trinajstić information content (AvgIpc) is 3.05. The SMILES string of the molecule is N[C@H]1CCCC[C@@H]1Nc1cc(F)c([S+]([O-])Nc2nccs2)cc1Cl. The Morgan fingerprint density at radius 2 is 2.17 bits per heavy atom. The van der Waals surface area contributed by atoms with Crippen LogP contribution in [-0.4, -0.2) is 21.6 Å². The maximum absolute atomic E-state index is 14.4. The van der Waals surface area contributed by atoms with Crippen LogP contribution in [0.25, 0.3) is 0 Å². The van der Waals surface area contributed by atoms with Crippen LogP contribution in [0.2, 0.25) is 5.02 Å². The van der Waals surface area contributed by atoms with Crippen LogP contribution in [0.4, 0.5) is 15.2 Å². The van der Waals surface area contributed by atoms with Crippen LogP contribution < -0.4 is 15.8 Å². The fourth-order valence-corrected chi connectivity index (χ4v) is 4.58. The fourth-order valence-electron chi connectivity index (χ4n) is 2.73. The van der Waals surface area contributed by atoms with Crippen LogP contribution in [0.1, 0.15) is 25.7 Å². The summed E-state index contributed by atoms with van der Waals surface area (Å²) in [5, 5.41) is 5.74. The molecule has 1 fully saturated rings. The number of benzene rings is 1. The molecule has 1 aromatic heterocycles. The second-order valence-corrected chi connectivity index (χ2v) is 8.15. The summed E-state index contributed by atoms with van der Waals surface area (Å²) in [4.78, 5) is 3.96. The lowest BCUT2D eigenvalue weighted by Gasteiger charge is -2.30. The van der Waals surface area contributed by atoms with Gasteiger partial charge in [0.2, 0.25) is 10.0 Å². The van der Waals surface area contributed by atoms with Crippen molar-refractivity contribution in [3.8, 4) is 0 Å². The lowest BCUT2D eigenvalue weighted by molar-refractivity contribution is 0.404. The van der Waals surface area contributed by atoms with E-state index in [1.165, 1.54) is 23.5 Å². The topological polar surface area (TPSA) is 86.0 Å². The molecule has 9 heteroatoms. The monoisotopic (exact) mass is 388 g/mol. The zero-order valence-electron chi connectivity index (χ0n) is 12.8. The molecule has 4 N–H and O–H groups in total. The van der Waals surface area contributed by atoms with Crippen molar-refractivity contribution in [3.63, 3.8) is 0 Å². The highest BCUT2D eigenvalue weighted by Gasteiger charge is 2.25. The Balaban J connectivity index is 1.75. The summed E-state index contributed by atoms with van der Waals surface area (Å²) >= 11 is 5.76. The van der Waals surface area contributed by atoms with Gasteiger partial charge >= 0.3 is 0 Å². The minimum Gasteiger partial charge on any atom is -0.588 e. The lowest BCUT2D eigenvalue weighted by atomic mass is 9.91. The molecule has 3 atom stereocenters. The molecule has 1 aliphatic carbocycles. The van der Waals surface area contributed by atoms with Gasteiger partial charge in [-0.25, -0.2) is 9.37 Å². The molecule has 1 saturated carbocycles. The molecule has 5 nitrogen and oxygen atoms in total. The molecular formula is C15H18ClFN4OS2. The number of nitrogens with two attached hydrogens (primary N) is 1. The van der Waals surface area contributed by atoms with Gasteiger partial charge in [0.1, 0.15) is 11.4 Å². The van der Waals surface area contributed by atoms with Crippen molar-refractivity contribution >= 4 is 45.1 Å². The molecule has 1 heterocycles. The first-order chi connectivity index (χ1) is 11.5. The van der Waals surface area contributed by atoms with Crippen molar-refractivity contribution in [1.82, 2.24) is 4.98 Å². The number of thiazole rings is 1. The molecule has 0 saturated heterocycles. The number of hydrogen-bond acceptors (Lipinski definition) is 6. The van der Waals surface area contributed by atoms with E-state index < -0.39 is 17.2 Å². The van der Waals surface area contributed by atoms with Gasteiger partial charge in [0.25, 0.3) is 0 Å². The highest BCUT2D eigenvalue weighted by Crippen LogP contribution is 2.31. The molecule has 2 aromatic rings. The zero-order chi connectivity index (χ0) is 17.1. The van der Waals surface area contributed by atoms with Gasteiger partial charge in [-0.15, -0.1) is 11.3 Å². The highest BCUT2D eigenvalue weighted by molar-refractivity contribution is 7.93. The smallest absolute Gasteiger partial charge is 0.226 e. The average molecular weight is 389 g/mol. The number of halogens is 2. The van der Waals surface area contributed by atoms with Crippen molar-refractivity contribution in [2.75, 3.05) is 10.0 Å². The van der Waals surface area contributed by atoms with E-state index in [2.05, 4.69) is 15.0 Å². The number of anilines is 2. The van der Waals surface area contributed by atoms with Crippen LogP contribution in [-0.2, 0) is 11.4 Å². The Kier molecular flexibility index (Phi) is 5.83. The summed E-state index contributed by atoms with van der Waals surface area (Å²) in [6.07, 6.45) is 5.65. The summed E-state index contributed by atoms with van der Waals surface area (Å²) in [7, 11) is 0. The Morgan fingerprint density at radius 3 is 2.88 bits per heavy atom. The molecule has 0 bridgehead atoms. The highest BCUT2D eigenvalue weighted by atomic mass is 35.5. The molecule has 0 aliphatic heterocycles. The van der Waals surface area contributed by atoms with Crippen molar-refractivity contribution in [2.45, 2.75) is 42.7 Å². The van der Waals surface area contributed by atoms with Crippen LogP contribution in [0.5, 0.6) is 0 Å². The van der Waals surface area contributed by atoms with E-state index >= 15 is 0 Å². The summed E-state index contributed by atoms with van der Waals surface area (Å²) < 4.78 is 29.3. The number of rotatable bonds is 5. The minimum atomic E-state index is -1.77. The third-order valence-electron chi connectivity index (χ3n) is 3.99. The van der Waals surface area contributed by atoms with Gasteiger partial charge in [-0.05, 0) is 12.8 Å². The summed E-state index contributed by atoms with van der Waals surface area (Å²) in [6.45, 7) is 0. The first-order valence-electron chi connectivity index (χ1n) is 7.63. The molecule has 130 valence electrons. The van der Waals surface area contributed by atoms with Crippen LogP contribution in [0, 0.1) is 5.82 Å². The largest absolute Gasteiger partial charge is 0.588 e. The van der Waals surface area contributed by atoms with Gasteiger partial charge in [0.05, 0.1) is 10.7 Å². The molecule has 24 heavy (non-hydrogen) atoms. The second kappa shape index (κ2) is 7.88. The number of nitrogens with one attached hydrogen (secondary N) is 2. The van der Waals surface area contributed by atoms with Gasteiger partial charge in [-0.1, -0.05) is 24.4 Å². The summed E-state index contributed by atoms with van der Waals surface area (Å²) in [6, 6.07) is 2.75. The lowest BCUT2D eigenvalue weighted by Crippen LogP contribution is -2.42. The number of nitrogens with zero attached hydrogens (tertiary/aromatic N) is 1. The Labute approximate surface area is 152 Å². The molecule has 1 unspecified atom stereocenters. The van der Waals surface area contributed by atoms with E-state index in [0.717, 1.165) is 25.7 Å². The predicted octanol–water partition coefficient (Wildman–Crippen LogP) is 3.75. The Morgan fingerprint density at radius 1 is 1.38 bits per heavy atom. The van der Waals surface area contributed by atoms with E-state index in [1.54, 1.807) is 11.6 Å². The van der Waals surface area contributed by atoms with Gasteiger partial charge in [-0.2, -0.15) is 4.72 Å². The molecule has 1 aliphatic rings. The zero-order valence-corrected chi connectivity index (χ0v) is 15.2. The van der Waals surface area contributed by atoms with Gasteiger partial charge < -0.3 is 15.6 Å². The van der Waals surface area contributed by atoms with E-state index in [4.69, 9.17) is 17.3 Å². The Hall–Kier alpha value is -1.06. The van der Waals surface area contributed by atoms with Crippen LogP contribution in [0.15, 0.2) is 28.6 Å². The van der Waals surface area contributed by atoms with Crippen molar-refractivity contribution in [3.05, 3.63) is 34.5 Å². The predicted molar refractivity (Wildman–Crippen MR) is 97.4 cm³/mol. The number of aromatic nitrogens is 1.